The summed E-state index contributed by atoms with van der Waals surface area (Å²) in [5, 5.41) is 0. The lowest BCUT2D eigenvalue weighted by Crippen LogP contribution is -2.45. The molecule has 1 heterocycles. The number of hydrogen-bond donors (Lipinski definition) is 0. The van der Waals surface area contributed by atoms with Gasteiger partial charge in [0.15, 0.2) is 0 Å². The second kappa shape index (κ2) is 7.65. The minimum absolute atomic E-state index is 0.0623. The Morgan fingerprint density at radius 1 is 1.00 bits per heavy atom. The first-order valence-electron chi connectivity index (χ1n) is 8.07. The predicted molar refractivity (Wildman–Crippen MR) is 77.2 cm³/mol. The third-order valence-electron chi connectivity index (χ3n) is 4.77. The molecule has 2 aliphatic rings. The molecule has 1 saturated carbocycles. The Morgan fingerprint density at radius 2 is 1.70 bits per heavy atom. The summed E-state index contributed by atoms with van der Waals surface area (Å²) in [5.74, 6) is 0.620. The maximum Gasteiger partial charge on any atom is 0.307 e. The van der Waals surface area contributed by atoms with E-state index in [1.165, 1.54) is 39.2 Å². The summed E-state index contributed by atoms with van der Waals surface area (Å²) in [7, 11) is 1.42. The topological polar surface area (TPSA) is 46.6 Å². The van der Waals surface area contributed by atoms with Gasteiger partial charge in [0.05, 0.1) is 13.5 Å². The molecule has 1 unspecified atom stereocenters. The van der Waals surface area contributed by atoms with E-state index in [2.05, 4.69) is 0 Å². The molecule has 0 aromatic rings. The van der Waals surface area contributed by atoms with Gasteiger partial charge < -0.3 is 9.64 Å². The number of nitrogens with zero attached hydrogens (tertiary/aromatic N) is 1. The zero-order valence-corrected chi connectivity index (χ0v) is 12.6. The Labute approximate surface area is 121 Å². The highest BCUT2D eigenvalue weighted by molar-refractivity contribution is 5.78. The molecule has 0 spiro atoms. The zero-order valence-electron chi connectivity index (χ0n) is 12.6. The summed E-state index contributed by atoms with van der Waals surface area (Å²) in [6.07, 6.45) is 10.4. The summed E-state index contributed by atoms with van der Waals surface area (Å²) in [5.41, 5.74) is 0. The van der Waals surface area contributed by atoms with Crippen LogP contribution >= 0.6 is 0 Å². The SMILES string of the molecule is COC(=O)CC1CCCCN1C(=O)CC1CCCCC1. The summed E-state index contributed by atoms with van der Waals surface area (Å²) < 4.78 is 4.75. The minimum atomic E-state index is -0.202. The van der Waals surface area contributed by atoms with Gasteiger partial charge in [-0.25, -0.2) is 0 Å². The molecule has 20 heavy (non-hydrogen) atoms. The Balaban J connectivity index is 1.88. The van der Waals surface area contributed by atoms with Crippen LogP contribution in [0.25, 0.3) is 0 Å². The largest absolute Gasteiger partial charge is 0.469 e. The number of ether oxygens (including phenoxy) is 1. The van der Waals surface area contributed by atoms with Crippen molar-refractivity contribution in [1.29, 1.82) is 0 Å². The van der Waals surface area contributed by atoms with E-state index < -0.39 is 0 Å². The normalized spacial score (nSPS) is 24.4. The second-order valence-corrected chi connectivity index (χ2v) is 6.23. The highest BCUT2D eigenvalue weighted by Crippen LogP contribution is 2.28. The van der Waals surface area contributed by atoms with Gasteiger partial charge in [-0.05, 0) is 38.0 Å². The van der Waals surface area contributed by atoms with Crippen LogP contribution in [0.1, 0.15) is 64.2 Å². The zero-order chi connectivity index (χ0) is 14.4. The van der Waals surface area contributed by atoms with E-state index in [0.29, 0.717) is 18.8 Å². The Kier molecular flexibility index (Phi) is 5.86. The molecule has 1 aliphatic heterocycles. The first-order chi connectivity index (χ1) is 9.70. The standard InChI is InChI=1S/C16H27NO3/c1-20-16(19)12-14-9-5-6-10-17(14)15(18)11-13-7-3-2-4-8-13/h13-14H,2-12H2,1H3. The van der Waals surface area contributed by atoms with E-state index in [9.17, 15) is 9.59 Å². The van der Waals surface area contributed by atoms with Crippen molar-refractivity contribution in [3.63, 3.8) is 0 Å². The molecule has 114 valence electrons. The van der Waals surface area contributed by atoms with Gasteiger partial charge in [0.1, 0.15) is 0 Å². The first kappa shape index (κ1) is 15.3. The van der Waals surface area contributed by atoms with Crippen LogP contribution in [0.15, 0.2) is 0 Å². The molecule has 2 rings (SSSR count). The van der Waals surface area contributed by atoms with Crippen LogP contribution < -0.4 is 0 Å². The lowest BCUT2D eigenvalue weighted by molar-refractivity contribution is -0.145. The molecular weight excluding hydrogens is 254 g/mol. The van der Waals surface area contributed by atoms with Crippen molar-refractivity contribution in [2.75, 3.05) is 13.7 Å². The van der Waals surface area contributed by atoms with Gasteiger partial charge in [-0.1, -0.05) is 19.3 Å². The summed E-state index contributed by atoms with van der Waals surface area (Å²) in [4.78, 5) is 26.0. The number of carbonyl (C=O) groups is 2. The fourth-order valence-electron chi connectivity index (χ4n) is 3.57. The molecule has 1 atom stereocenters. The average molecular weight is 281 g/mol. The summed E-state index contributed by atoms with van der Waals surface area (Å²) in [6, 6.07) is 0.0623. The van der Waals surface area contributed by atoms with Gasteiger partial charge in [0.2, 0.25) is 5.91 Å². The smallest absolute Gasteiger partial charge is 0.307 e. The Hall–Kier alpha value is -1.06. The Morgan fingerprint density at radius 3 is 2.40 bits per heavy atom. The molecule has 0 bridgehead atoms. The monoisotopic (exact) mass is 281 g/mol. The van der Waals surface area contributed by atoms with Crippen molar-refractivity contribution < 1.29 is 14.3 Å². The molecule has 4 nitrogen and oxygen atoms in total. The summed E-state index contributed by atoms with van der Waals surface area (Å²) >= 11 is 0. The van der Waals surface area contributed by atoms with Crippen molar-refractivity contribution in [3.05, 3.63) is 0 Å². The number of piperidine rings is 1. The van der Waals surface area contributed by atoms with E-state index in [0.717, 1.165) is 25.8 Å². The van der Waals surface area contributed by atoms with Crippen molar-refractivity contribution in [1.82, 2.24) is 4.90 Å². The van der Waals surface area contributed by atoms with E-state index >= 15 is 0 Å². The Bertz CT molecular complexity index is 337. The molecule has 1 aliphatic carbocycles. The molecule has 0 aromatic heterocycles. The quantitative estimate of drug-likeness (QED) is 0.744. The van der Waals surface area contributed by atoms with Crippen LogP contribution in [0.5, 0.6) is 0 Å². The van der Waals surface area contributed by atoms with Gasteiger partial charge in [0, 0.05) is 19.0 Å². The number of amides is 1. The number of methoxy groups -OCH3 is 1. The maximum absolute atomic E-state index is 12.5. The minimum Gasteiger partial charge on any atom is -0.469 e. The highest BCUT2D eigenvalue weighted by atomic mass is 16.5. The maximum atomic E-state index is 12.5. The van der Waals surface area contributed by atoms with Crippen LogP contribution in [-0.4, -0.2) is 36.5 Å². The van der Waals surface area contributed by atoms with Crippen molar-refractivity contribution in [2.45, 2.75) is 70.3 Å². The molecule has 1 saturated heterocycles. The molecule has 4 heteroatoms. The molecule has 1 amide bonds. The summed E-state index contributed by atoms with van der Waals surface area (Å²) in [6.45, 7) is 0.813. The fourth-order valence-corrected chi connectivity index (χ4v) is 3.57. The number of hydrogen-bond acceptors (Lipinski definition) is 3. The van der Waals surface area contributed by atoms with Crippen molar-refractivity contribution >= 4 is 11.9 Å². The molecular formula is C16H27NO3. The van der Waals surface area contributed by atoms with Crippen LogP contribution in [-0.2, 0) is 14.3 Å². The van der Waals surface area contributed by atoms with Crippen molar-refractivity contribution in [3.8, 4) is 0 Å². The van der Waals surface area contributed by atoms with Gasteiger partial charge >= 0.3 is 5.97 Å². The lowest BCUT2D eigenvalue weighted by atomic mass is 9.86. The number of carbonyl (C=O) groups excluding carboxylic acids is 2. The van der Waals surface area contributed by atoms with E-state index in [1.807, 2.05) is 4.90 Å². The van der Waals surface area contributed by atoms with Crippen molar-refractivity contribution in [2.24, 2.45) is 5.92 Å². The van der Waals surface area contributed by atoms with E-state index in [-0.39, 0.29) is 17.9 Å². The van der Waals surface area contributed by atoms with E-state index in [1.54, 1.807) is 0 Å². The third-order valence-corrected chi connectivity index (χ3v) is 4.77. The molecule has 0 N–H and O–H groups in total. The number of rotatable bonds is 4. The first-order valence-corrected chi connectivity index (χ1v) is 8.07. The lowest BCUT2D eigenvalue weighted by Gasteiger charge is -2.36. The van der Waals surface area contributed by atoms with Crippen LogP contribution in [0.3, 0.4) is 0 Å². The predicted octanol–water partition coefficient (Wildman–Crippen LogP) is 2.90. The number of likely N-dealkylation sites (tertiary alicyclic amines) is 1. The van der Waals surface area contributed by atoms with E-state index in [4.69, 9.17) is 4.74 Å². The van der Waals surface area contributed by atoms with Gasteiger partial charge in [-0.3, -0.25) is 9.59 Å². The van der Waals surface area contributed by atoms with Gasteiger partial charge in [-0.2, -0.15) is 0 Å². The average Bonchev–Trinajstić information content (AvgIpc) is 2.48. The third kappa shape index (κ3) is 4.22. The van der Waals surface area contributed by atoms with Gasteiger partial charge in [0.25, 0.3) is 0 Å². The van der Waals surface area contributed by atoms with Gasteiger partial charge in [-0.15, -0.1) is 0 Å². The molecule has 2 fully saturated rings. The fraction of sp³-hybridized carbons (Fsp3) is 0.875. The molecule has 0 radical (unpaired) electrons. The van der Waals surface area contributed by atoms with Crippen LogP contribution in [0, 0.1) is 5.92 Å². The second-order valence-electron chi connectivity index (χ2n) is 6.23. The van der Waals surface area contributed by atoms with Crippen LogP contribution in [0.2, 0.25) is 0 Å². The molecule has 0 aromatic carbocycles. The van der Waals surface area contributed by atoms with Crippen LogP contribution in [0.4, 0.5) is 0 Å². The highest BCUT2D eigenvalue weighted by Gasteiger charge is 2.30. The number of esters is 1.